The molecule has 100 valence electrons. The van der Waals surface area contributed by atoms with E-state index >= 15 is 0 Å². The van der Waals surface area contributed by atoms with Gasteiger partial charge < -0.3 is 5.11 Å². The fraction of sp³-hybridized carbons (Fsp3) is 0.200. The van der Waals surface area contributed by atoms with Crippen LogP contribution in [-0.2, 0) is 5.60 Å². The van der Waals surface area contributed by atoms with Crippen molar-refractivity contribution in [2.75, 3.05) is 0 Å². The van der Waals surface area contributed by atoms with Crippen LogP contribution >= 0.6 is 0 Å². The summed E-state index contributed by atoms with van der Waals surface area (Å²) in [5.41, 5.74) is -2.60. The summed E-state index contributed by atoms with van der Waals surface area (Å²) in [5, 5.41) is 10.4. The van der Waals surface area contributed by atoms with Crippen molar-refractivity contribution < 1.29 is 18.3 Å². The van der Waals surface area contributed by atoms with E-state index in [0.717, 1.165) is 12.1 Å². The van der Waals surface area contributed by atoms with Crippen molar-refractivity contribution in [3.05, 3.63) is 70.5 Å². The molecule has 2 aromatic rings. The number of halogens is 3. The lowest BCUT2D eigenvalue weighted by Gasteiger charge is -2.26. The van der Waals surface area contributed by atoms with Crippen LogP contribution in [0, 0.1) is 24.4 Å². The first-order valence-corrected chi connectivity index (χ1v) is 5.78. The first kappa shape index (κ1) is 13.6. The van der Waals surface area contributed by atoms with E-state index in [0.29, 0.717) is 0 Å². The minimum Gasteiger partial charge on any atom is -0.380 e. The Labute approximate surface area is 109 Å². The minimum absolute atomic E-state index is 0.168. The summed E-state index contributed by atoms with van der Waals surface area (Å²) >= 11 is 0. The van der Waals surface area contributed by atoms with Crippen molar-refractivity contribution in [1.82, 2.24) is 0 Å². The molecule has 0 amide bonds. The van der Waals surface area contributed by atoms with E-state index in [2.05, 4.69) is 0 Å². The molecular formula is C15H13F3O. The van der Waals surface area contributed by atoms with Crippen LogP contribution in [0.25, 0.3) is 0 Å². The predicted octanol–water partition coefficient (Wildman–Crippen LogP) is 3.67. The van der Waals surface area contributed by atoms with Crippen molar-refractivity contribution in [2.45, 2.75) is 19.4 Å². The van der Waals surface area contributed by atoms with Gasteiger partial charge in [0.25, 0.3) is 0 Å². The molecule has 0 aliphatic heterocycles. The van der Waals surface area contributed by atoms with E-state index in [9.17, 15) is 18.3 Å². The second kappa shape index (κ2) is 4.70. The van der Waals surface area contributed by atoms with Gasteiger partial charge in [0.2, 0.25) is 0 Å². The van der Waals surface area contributed by atoms with E-state index in [1.807, 2.05) is 0 Å². The second-order valence-corrected chi connectivity index (χ2v) is 4.61. The molecule has 2 rings (SSSR count). The molecule has 0 bridgehead atoms. The summed E-state index contributed by atoms with van der Waals surface area (Å²) < 4.78 is 41.6. The lowest BCUT2D eigenvalue weighted by molar-refractivity contribution is 0.0891. The zero-order valence-electron chi connectivity index (χ0n) is 10.5. The first-order chi connectivity index (χ1) is 8.85. The smallest absolute Gasteiger partial charge is 0.135 e. The highest BCUT2D eigenvalue weighted by Gasteiger charge is 2.34. The summed E-state index contributed by atoms with van der Waals surface area (Å²) in [7, 11) is 0. The Balaban J connectivity index is 2.70. The molecule has 4 heteroatoms. The van der Waals surface area contributed by atoms with Crippen molar-refractivity contribution in [1.29, 1.82) is 0 Å². The van der Waals surface area contributed by atoms with Gasteiger partial charge in [-0.3, -0.25) is 0 Å². The molecule has 0 aliphatic carbocycles. The molecule has 0 radical (unpaired) electrons. The third-order valence-corrected chi connectivity index (χ3v) is 3.17. The third-order valence-electron chi connectivity index (χ3n) is 3.17. The van der Waals surface area contributed by atoms with Crippen LogP contribution in [-0.4, -0.2) is 5.11 Å². The molecule has 1 N–H and O–H groups in total. The zero-order chi connectivity index (χ0) is 14.2. The van der Waals surface area contributed by atoms with Gasteiger partial charge in [-0.15, -0.1) is 0 Å². The Morgan fingerprint density at radius 2 is 1.58 bits per heavy atom. The number of aliphatic hydroxyl groups is 1. The highest BCUT2D eigenvalue weighted by atomic mass is 19.1. The van der Waals surface area contributed by atoms with E-state index in [-0.39, 0.29) is 11.1 Å². The Kier molecular flexibility index (Phi) is 3.37. The van der Waals surface area contributed by atoms with Crippen LogP contribution in [0.5, 0.6) is 0 Å². The highest BCUT2D eigenvalue weighted by molar-refractivity contribution is 5.39. The maximum absolute atomic E-state index is 14.1. The average Bonchev–Trinajstić information content (AvgIpc) is 2.34. The van der Waals surface area contributed by atoms with Gasteiger partial charge >= 0.3 is 0 Å². The average molecular weight is 266 g/mol. The van der Waals surface area contributed by atoms with Crippen molar-refractivity contribution in [2.24, 2.45) is 0 Å². The molecule has 0 aliphatic rings. The van der Waals surface area contributed by atoms with Crippen molar-refractivity contribution >= 4 is 0 Å². The van der Waals surface area contributed by atoms with Gasteiger partial charge in [0.1, 0.15) is 23.1 Å². The van der Waals surface area contributed by atoms with Gasteiger partial charge in [-0.25, -0.2) is 13.2 Å². The Bertz CT molecular complexity index is 621. The first-order valence-electron chi connectivity index (χ1n) is 5.78. The number of benzene rings is 2. The summed E-state index contributed by atoms with van der Waals surface area (Å²) in [6, 6.07) is 7.71. The number of hydrogen-bond acceptors (Lipinski definition) is 1. The van der Waals surface area contributed by atoms with Crippen LogP contribution in [0.3, 0.4) is 0 Å². The molecule has 0 aromatic heterocycles. The van der Waals surface area contributed by atoms with Crippen LogP contribution in [0.4, 0.5) is 13.2 Å². The van der Waals surface area contributed by atoms with Gasteiger partial charge in [-0.05, 0) is 31.5 Å². The van der Waals surface area contributed by atoms with Gasteiger partial charge in [0, 0.05) is 5.56 Å². The molecule has 0 saturated heterocycles. The van der Waals surface area contributed by atoms with Crippen LogP contribution in [0.1, 0.15) is 23.6 Å². The summed E-state index contributed by atoms with van der Waals surface area (Å²) in [6.07, 6.45) is 0. The number of hydrogen-bond donors (Lipinski definition) is 1. The summed E-state index contributed by atoms with van der Waals surface area (Å²) in [4.78, 5) is 0. The molecule has 1 atom stereocenters. The van der Waals surface area contributed by atoms with Gasteiger partial charge in [0.15, 0.2) is 0 Å². The highest BCUT2D eigenvalue weighted by Crippen LogP contribution is 2.35. The molecule has 0 saturated carbocycles. The topological polar surface area (TPSA) is 20.2 Å². The molecule has 1 nitrogen and oxygen atoms in total. The second-order valence-electron chi connectivity index (χ2n) is 4.61. The zero-order valence-corrected chi connectivity index (χ0v) is 10.5. The Morgan fingerprint density at radius 1 is 0.947 bits per heavy atom. The predicted molar refractivity (Wildman–Crippen MR) is 66.2 cm³/mol. The molecule has 0 heterocycles. The van der Waals surface area contributed by atoms with Gasteiger partial charge in [-0.2, -0.15) is 0 Å². The molecule has 1 unspecified atom stereocenters. The van der Waals surface area contributed by atoms with Gasteiger partial charge in [0.05, 0.1) is 5.56 Å². The largest absolute Gasteiger partial charge is 0.380 e. The summed E-state index contributed by atoms with van der Waals surface area (Å²) in [6.45, 7) is 2.63. The van der Waals surface area contributed by atoms with Crippen LogP contribution < -0.4 is 0 Å². The fourth-order valence-corrected chi connectivity index (χ4v) is 2.09. The normalized spacial score (nSPS) is 14.2. The van der Waals surface area contributed by atoms with Gasteiger partial charge in [-0.1, -0.05) is 24.3 Å². The fourth-order valence-electron chi connectivity index (χ4n) is 2.09. The van der Waals surface area contributed by atoms with E-state index in [1.54, 1.807) is 0 Å². The molecule has 0 spiro atoms. The standard InChI is InChI=1S/C15H13F3O/c1-9-7-8-12(17)13(14(9)18)15(2,19)10-5-3-4-6-11(10)16/h3-8,19H,1-2H3. The molecule has 2 aromatic carbocycles. The maximum atomic E-state index is 14.1. The number of aryl methyl sites for hydroxylation is 1. The van der Waals surface area contributed by atoms with E-state index in [4.69, 9.17) is 0 Å². The van der Waals surface area contributed by atoms with Crippen LogP contribution in [0.2, 0.25) is 0 Å². The molecular weight excluding hydrogens is 253 g/mol. The molecule has 0 fully saturated rings. The minimum atomic E-state index is -2.08. The van der Waals surface area contributed by atoms with Crippen molar-refractivity contribution in [3.63, 3.8) is 0 Å². The van der Waals surface area contributed by atoms with Crippen molar-refractivity contribution in [3.8, 4) is 0 Å². The Morgan fingerprint density at radius 3 is 2.21 bits per heavy atom. The summed E-state index contributed by atoms with van der Waals surface area (Å²) in [5.74, 6) is -2.49. The quantitative estimate of drug-likeness (QED) is 0.879. The van der Waals surface area contributed by atoms with E-state index < -0.39 is 28.6 Å². The van der Waals surface area contributed by atoms with E-state index in [1.165, 1.54) is 38.1 Å². The monoisotopic (exact) mass is 266 g/mol. The lowest BCUT2D eigenvalue weighted by atomic mass is 9.86. The van der Waals surface area contributed by atoms with Crippen LogP contribution in [0.15, 0.2) is 36.4 Å². The Hall–Kier alpha value is -1.81. The third kappa shape index (κ3) is 2.24. The number of rotatable bonds is 2. The molecule has 19 heavy (non-hydrogen) atoms. The maximum Gasteiger partial charge on any atom is 0.135 e. The lowest BCUT2D eigenvalue weighted by Crippen LogP contribution is -2.27. The SMILES string of the molecule is Cc1ccc(F)c(C(C)(O)c2ccccc2F)c1F.